The predicted molar refractivity (Wildman–Crippen MR) is 106 cm³/mol. The van der Waals surface area contributed by atoms with Crippen molar-refractivity contribution in [3.63, 3.8) is 0 Å². The Morgan fingerprint density at radius 3 is 2.75 bits per heavy atom. The highest BCUT2D eigenvalue weighted by Crippen LogP contribution is 2.25. The number of carbonyl (C=O) groups is 2. The van der Waals surface area contributed by atoms with Crippen molar-refractivity contribution in [2.45, 2.75) is 20.4 Å². The van der Waals surface area contributed by atoms with Gasteiger partial charge < -0.3 is 10.6 Å². The highest BCUT2D eigenvalue weighted by atomic mass is 35.5. The maximum absolute atomic E-state index is 13.0. The van der Waals surface area contributed by atoms with Crippen LogP contribution in [-0.2, 0) is 16.1 Å². The first kappa shape index (κ1) is 20.0. The Balaban J connectivity index is 1.62. The number of hydrogen-bond acceptors (Lipinski definition) is 5. The van der Waals surface area contributed by atoms with E-state index in [0.29, 0.717) is 10.2 Å². The van der Waals surface area contributed by atoms with Gasteiger partial charge >= 0.3 is 0 Å². The zero-order chi connectivity index (χ0) is 20.4. The lowest BCUT2D eigenvalue weighted by Crippen LogP contribution is -2.37. The van der Waals surface area contributed by atoms with Gasteiger partial charge in [0, 0.05) is 4.88 Å². The predicted octanol–water partition coefficient (Wildman–Crippen LogP) is 2.62. The minimum atomic E-state index is -0.535. The van der Waals surface area contributed by atoms with Crippen molar-refractivity contribution in [2.75, 3.05) is 11.9 Å². The maximum atomic E-state index is 13.0. The van der Waals surface area contributed by atoms with Gasteiger partial charge in [-0.2, -0.15) is 0 Å². The minimum Gasteiger partial charge on any atom is -0.345 e. The molecule has 0 aliphatic rings. The van der Waals surface area contributed by atoms with E-state index < -0.39 is 17.6 Å². The van der Waals surface area contributed by atoms with Gasteiger partial charge in [-0.1, -0.05) is 11.6 Å². The first-order valence-corrected chi connectivity index (χ1v) is 9.42. The summed E-state index contributed by atoms with van der Waals surface area (Å²) in [5, 5.41) is 5.44. The number of aryl methyl sites for hydroxylation is 2. The molecule has 146 valence electrons. The van der Waals surface area contributed by atoms with E-state index in [1.165, 1.54) is 28.3 Å². The van der Waals surface area contributed by atoms with Crippen LogP contribution in [0.2, 0.25) is 5.02 Å². The van der Waals surface area contributed by atoms with E-state index in [0.717, 1.165) is 22.6 Å². The summed E-state index contributed by atoms with van der Waals surface area (Å²) in [6.07, 6.45) is 1.32. The Kier molecular flexibility index (Phi) is 5.76. The first-order chi connectivity index (χ1) is 13.3. The smallest absolute Gasteiger partial charge is 0.262 e. The van der Waals surface area contributed by atoms with Gasteiger partial charge in [0.25, 0.3) is 5.56 Å². The maximum Gasteiger partial charge on any atom is 0.262 e. The molecule has 0 aliphatic heterocycles. The van der Waals surface area contributed by atoms with E-state index in [1.54, 1.807) is 0 Å². The van der Waals surface area contributed by atoms with Crippen LogP contribution in [0.25, 0.3) is 10.2 Å². The summed E-state index contributed by atoms with van der Waals surface area (Å²) in [5.74, 6) is -1.58. The van der Waals surface area contributed by atoms with Crippen LogP contribution in [0.15, 0.2) is 29.3 Å². The second kappa shape index (κ2) is 8.07. The van der Waals surface area contributed by atoms with Gasteiger partial charge in [0.1, 0.15) is 17.2 Å². The first-order valence-electron chi connectivity index (χ1n) is 8.23. The molecule has 0 atom stereocenters. The molecular formula is C18H16ClFN4O3S. The van der Waals surface area contributed by atoms with Crippen LogP contribution in [0.3, 0.4) is 0 Å². The molecule has 0 aliphatic carbocycles. The SMILES string of the molecule is Cc1sc2ncn(CC(=O)NCC(=O)Nc3ccc(F)cc3Cl)c(=O)c2c1C. The molecule has 3 rings (SSSR count). The third kappa shape index (κ3) is 4.20. The molecule has 0 spiro atoms. The third-order valence-corrected chi connectivity index (χ3v) is 5.55. The number of fused-ring (bicyclic) bond motifs is 1. The Morgan fingerprint density at radius 2 is 2.04 bits per heavy atom. The van der Waals surface area contributed by atoms with Crippen LogP contribution in [0.1, 0.15) is 10.4 Å². The van der Waals surface area contributed by atoms with E-state index in [2.05, 4.69) is 15.6 Å². The zero-order valence-corrected chi connectivity index (χ0v) is 16.6. The van der Waals surface area contributed by atoms with Crippen LogP contribution >= 0.6 is 22.9 Å². The van der Waals surface area contributed by atoms with Crippen LogP contribution < -0.4 is 16.2 Å². The molecule has 2 N–H and O–H groups in total. The van der Waals surface area contributed by atoms with Gasteiger partial charge in [-0.3, -0.25) is 19.0 Å². The van der Waals surface area contributed by atoms with Gasteiger partial charge in [0.15, 0.2) is 0 Å². The standard InChI is InChI=1S/C18H16ClFN4O3S/c1-9-10(2)28-17-16(9)18(27)24(8-22-17)7-15(26)21-6-14(25)23-13-4-3-11(20)5-12(13)19/h3-5,8H,6-7H2,1-2H3,(H,21,26)(H,23,25). The number of hydrogen-bond donors (Lipinski definition) is 2. The molecule has 2 aromatic heterocycles. The van der Waals surface area contributed by atoms with E-state index >= 15 is 0 Å². The molecule has 3 aromatic rings. The summed E-state index contributed by atoms with van der Waals surface area (Å²) in [6.45, 7) is 3.16. The Morgan fingerprint density at radius 1 is 1.29 bits per heavy atom. The number of benzene rings is 1. The van der Waals surface area contributed by atoms with Crippen LogP contribution in [0.5, 0.6) is 0 Å². The Labute approximate surface area is 168 Å². The van der Waals surface area contributed by atoms with Crippen molar-refractivity contribution >= 4 is 50.7 Å². The summed E-state index contributed by atoms with van der Waals surface area (Å²) in [6, 6.07) is 3.55. The highest BCUT2D eigenvalue weighted by molar-refractivity contribution is 7.18. The van der Waals surface area contributed by atoms with Gasteiger partial charge in [-0.25, -0.2) is 9.37 Å². The molecule has 7 nitrogen and oxygen atoms in total. The average Bonchev–Trinajstić information content (AvgIpc) is 2.93. The van der Waals surface area contributed by atoms with Crippen molar-refractivity contribution in [1.82, 2.24) is 14.9 Å². The van der Waals surface area contributed by atoms with Crippen molar-refractivity contribution in [1.29, 1.82) is 0 Å². The molecule has 0 radical (unpaired) electrons. The van der Waals surface area contributed by atoms with Crippen molar-refractivity contribution < 1.29 is 14.0 Å². The van der Waals surface area contributed by atoms with E-state index in [9.17, 15) is 18.8 Å². The van der Waals surface area contributed by atoms with Crippen LogP contribution in [0.4, 0.5) is 10.1 Å². The summed E-state index contributed by atoms with van der Waals surface area (Å²) >= 11 is 7.26. The van der Waals surface area contributed by atoms with E-state index in [1.807, 2.05) is 13.8 Å². The third-order valence-electron chi connectivity index (χ3n) is 4.12. The highest BCUT2D eigenvalue weighted by Gasteiger charge is 2.14. The van der Waals surface area contributed by atoms with Gasteiger partial charge in [-0.05, 0) is 37.6 Å². The van der Waals surface area contributed by atoms with Gasteiger partial charge in [0.2, 0.25) is 11.8 Å². The molecule has 0 bridgehead atoms. The van der Waals surface area contributed by atoms with Crippen molar-refractivity contribution in [3.8, 4) is 0 Å². The largest absolute Gasteiger partial charge is 0.345 e. The molecule has 0 saturated carbocycles. The molecule has 0 unspecified atom stereocenters. The molecule has 10 heteroatoms. The second-order valence-corrected chi connectivity index (χ2v) is 7.70. The molecule has 0 saturated heterocycles. The molecule has 0 fully saturated rings. The fourth-order valence-corrected chi connectivity index (χ4v) is 3.76. The average molecular weight is 423 g/mol. The molecule has 2 heterocycles. The number of amides is 2. The van der Waals surface area contributed by atoms with Crippen LogP contribution in [-0.4, -0.2) is 27.9 Å². The summed E-state index contributed by atoms with van der Waals surface area (Å²) < 4.78 is 14.2. The fourth-order valence-electron chi connectivity index (χ4n) is 2.56. The summed E-state index contributed by atoms with van der Waals surface area (Å²) in [4.78, 5) is 42.5. The quantitative estimate of drug-likeness (QED) is 0.661. The number of carbonyl (C=O) groups excluding carboxylic acids is 2. The number of nitrogens with zero attached hydrogens (tertiary/aromatic N) is 2. The minimum absolute atomic E-state index is 0.0482. The van der Waals surface area contributed by atoms with Crippen molar-refractivity contribution in [3.05, 3.63) is 56.2 Å². The Bertz CT molecular complexity index is 1140. The monoisotopic (exact) mass is 422 g/mol. The summed E-state index contributed by atoms with van der Waals surface area (Å²) in [7, 11) is 0. The topological polar surface area (TPSA) is 93.1 Å². The van der Waals surface area contributed by atoms with Gasteiger partial charge in [-0.15, -0.1) is 11.3 Å². The zero-order valence-electron chi connectivity index (χ0n) is 15.0. The van der Waals surface area contributed by atoms with E-state index in [-0.39, 0.29) is 29.4 Å². The number of nitrogens with one attached hydrogen (secondary N) is 2. The summed E-state index contributed by atoms with van der Waals surface area (Å²) in [5.41, 5.74) is 0.781. The Hall–Kier alpha value is -2.78. The lowest BCUT2D eigenvalue weighted by atomic mass is 10.2. The number of anilines is 1. The number of halogens is 2. The normalized spacial score (nSPS) is 10.9. The number of rotatable bonds is 5. The molecule has 2 amide bonds. The molecule has 1 aromatic carbocycles. The lowest BCUT2D eigenvalue weighted by Gasteiger charge is -2.09. The van der Waals surface area contributed by atoms with Gasteiger partial charge in [0.05, 0.1) is 29.0 Å². The molecule has 28 heavy (non-hydrogen) atoms. The van der Waals surface area contributed by atoms with Crippen LogP contribution in [0, 0.1) is 19.7 Å². The van der Waals surface area contributed by atoms with E-state index in [4.69, 9.17) is 11.6 Å². The van der Waals surface area contributed by atoms with Crippen molar-refractivity contribution in [2.24, 2.45) is 0 Å². The fraction of sp³-hybridized carbons (Fsp3) is 0.222. The second-order valence-electron chi connectivity index (χ2n) is 6.09. The molecular weight excluding hydrogens is 407 g/mol. The number of aromatic nitrogens is 2. The number of thiophene rings is 1. The lowest BCUT2D eigenvalue weighted by molar-refractivity contribution is -0.124.